The molecule has 1 fully saturated rings. The van der Waals surface area contributed by atoms with Crippen molar-refractivity contribution in [3.8, 4) is 17.2 Å². The summed E-state index contributed by atoms with van der Waals surface area (Å²) < 4.78 is 16.4. The molecule has 1 spiro atoms. The number of ether oxygens (including phenoxy) is 3. The van der Waals surface area contributed by atoms with Crippen molar-refractivity contribution in [1.29, 1.82) is 0 Å². The van der Waals surface area contributed by atoms with Crippen molar-refractivity contribution in [2.45, 2.75) is 38.6 Å². The molecule has 3 aromatic carbocycles. The first kappa shape index (κ1) is 25.2. The maximum Gasteiger partial charge on any atom is 0.258 e. The molecular formula is C31H36N2O4. The van der Waals surface area contributed by atoms with Crippen molar-refractivity contribution < 1.29 is 19.0 Å². The molecule has 6 heteroatoms. The van der Waals surface area contributed by atoms with E-state index in [1.165, 1.54) is 22.3 Å². The number of fused-ring (bicyclic) bond motifs is 2. The van der Waals surface area contributed by atoms with E-state index in [9.17, 15) is 4.79 Å². The first-order valence-corrected chi connectivity index (χ1v) is 12.9. The van der Waals surface area contributed by atoms with Crippen molar-refractivity contribution in [3.63, 3.8) is 0 Å². The Hall–Kier alpha value is -3.51. The number of piperidine rings is 1. The van der Waals surface area contributed by atoms with Gasteiger partial charge in [-0.2, -0.15) is 0 Å². The van der Waals surface area contributed by atoms with Crippen molar-refractivity contribution in [1.82, 2.24) is 4.90 Å². The zero-order chi connectivity index (χ0) is 26.2. The van der Waals surface area contributed by atoms with Crippen molar-refractivity contribution in [2.24, 2.45) is 0 Å². The van der Waals surface area contributed by atoms with Crippen LogP contribution in [0.5, 0.6) is 17.2 Å². The number of hydrogen-bond donors (Lipinski definition) is 0. The van der Waals surface area contributed by atoms with Gasteiger partial charge in [-0.25, -0.2) is 0 Å². The fourth-order valence-electron chi connectivity index (χ4n) is 6.07. The number of methoxy groups -OCH3 is 3. The molecule has 0 aromatic heterocycles. The summed E-state index contributed by atoms with van der Waals surface area (Å²) in [5, 5.41) is 0. The van der Waals surface area contributed by atoms with Gasteiger partial charge in [0, 0.05) is 29.8 Å². The number of carbonyl (C=O) groups excluding carboxylic acids is 1. The van der Waals surface area contributed by atoms with E-state index < -0.39 is 0 Å². The predicted molar refractivity (Wildman–Crippen MR) is 146 cm³/mol. The van der Waals surface area contributed by atoms with Gasteiger partial charge in [-0.3, -0.25) is 9.69 Å². The molecule has 194 valence electrons. The maximum atomic E-state index is 13.8. The normalized spacial score (nSPS) is 16.5. The van der Waals surface area contributed by atoms with Crippen LogP contribution in [0.2, 0.25) is 0 Å². The maximum absolute atomic E-state index is 13.8. The van der Waals surface area contributed by atoms with Gasteiger partial charge in [-0.1, -0.05) is 29.3 Å². The SMILES string of the molecule is COc1ccc2c(c1)C1(CCN(Cc3cc(C)cc(C)c3)CC1)CN2C(=O)c1ccc(OC)c(OC)c1. The molecule has 5 rings (SSSR count). The highest BCUT2D eigenvalue weighted by Gasteiger charge is 2.46. The number of rotatable bonds is 6. The van der Waals surface area contributed by atoms with E-state index >= 15 is 0 Å². The lowest BCUT2D eigenvalue weighted by Crippen LogP contribution is -2.45. The molecule has 1 saturated heterocycles. The number of hydrogen-bond acceptors (Lipinski definition) is 5. The van der Waals surface area contributed by atoms with Crippen LogP contribution in [-0.2, 0) is 12.0 Å². The van der Waals surface area contributed by atoms with Gasteiger partial charge in [0.1, 0.15) is 5.75 Å². The minimum atomic E-state index is -0.0882. The van der Waals surface area contributed by atoms with Crippen molar-refractivity contribution in [2.75, 3.05) is 45.9 Å². The third kappa shape index (κ3) is 4.78. The van der Waals surface area contributed by atoms with Crippen molar-refractivity contribution in [3.05, 3.63) is 82.4 Å². The van der Waals surface area contributed by atoms with E-state index in [-0.39, 0.29) is 11.3 Å². The molecule has 1 amide bonds. The Morgan fingerprint density at radius 3 is 2.19 bits per heavy atom. The molecule has 0 atom stereocenters. The predicted octanol–water partition coefficient (Wildman–Crippen LogP) is 5.52. The minimum Gasteiger partial charge on any atom is -0.497 e. The molecule has 37 heavy (non-hydrogen) atoms. The number of likely N-dealkylation sites (tertiary alicyclic amines) is 1. The van der Waals surface area contributed by atoms with Crippen LogP contribution < -0.4 is 19.1 Å². The van der Waals surface area contributed by atoms with Crippen LogP contribution in [0.25, 0.3) is 0 Å². The molecule has 2 aliphatic rings. The van der Waals surface area contributed by atoms with Gasteiger partial charge in [0.25, 0.3) is 5.91 Å². The molecule has 0 radical (unpaired) electrons. The summed E-state index contributed by atoms with van der Waals surface area (Å²) in [7, 11) is 4.88. The number of benzene rings is 3. The number of carbonyl (C=O) groups is 1. The van der Waals surface area contributed by atoms with E-state index in [2.05, 4.69) is 43.0 Å². The molecule has 3 aromatic rings. The Morgan fingerprint density at radius 1 is 0.838 bits per heavy atom. The van der Waals surface area contributed by atoms with Gasteiger partial charge >= 0.3 is 0 Å². The van der Waals surface area contributed by atoms with Crippen LogP contribution in [0.3, 0.4) is 0 Å². The number of aryl methyl sites for hydroxylation is 2. The second kappa shape index (κ2) is 10.1. The highest BCUT2D eigenvalue weighted by Crippen LogP contribution is 2.49. The Labute approximate surface area is 219 Å². The van der Waals surface area contributed by atoms with Crippen LogP contribution in [0.15, 0.2) is 54.6 Å². The van der Waals surface area contributed by atoms with Crippen LogP contribution >= 0.6 is 0 Å². The third-order valence-corrected chi connectivity index (χ3v) is 7.90. The molecule has 0 N–H and O–H groups in total. The van der Waals surface area contributed by atoms with E-state index in [1.807, 2.05) is 23.1 Å². The van der Waals surface area contributed by atoms with E-state index in [4.69, 9.17) is 14.2 Å². The lowest BCUT2D eigenvalue weighted by Gasteiger charge is -2.40. The van der Waals surface area contributed by atoms with Gasteiger partial charge < -0.3 is 19.1 Å². The Bertz CT molecular complexity index is 1290. The molecule has 2 heterocycles. The molecule has 6 nitrogen and oxygen atoms in total. The van der Waals surface area contributed by atoms with Gasteiger partial charge in [-0.15, -0.1) is 0 Å². The highest BCUT2D eigenvalue weighted by atomic mass is 16.5. The number of amides is 1. The molecule has 0 bridgehead atoms. The summed E-state index contributed by atoms with van der Waals surface area (Å²) in [5.74, 6) is 1.97. The summed E-state index contributed by atoms with van der Waals surface area (Å²) in [5.41, 5.74) is 6.68. The first-order chi connectivity index (χ1) is 17.9. The third-order valence-electron chi connectivity index (χ3n) is 7.90. The minimum absolute atomic E-state index is 0.0260. The lowest BCUT2D eigenvalue weighted by atomic mass is 9.74. The Kier molecular flexibility index (Phi) is 6.86. The van der Waals surface area contributed by atoms with Gasteiger partial charge in [-0.05, 0) is 87.3 Å². The van der Waals surface area contributed by atoms with Crippen LogP contribution in [0, 0.1) is 13.8 Å². The van der Waals surface area contributed by atoms with Crippen molar-refractivity contribution >= 4 is 11.6 Å². The summed E-state index contributed by atoms with van der Waals surface area (Å²) in [4.78, 5) is 18.3. The largest absolute Gasteiger partial charge is 0.497 e. The number of nitrogens with zero attached hydrogens (tertiary/aromatic N) is 2. The topological polar surface area (TPSA) is 51.2 Å². The number of anilines is 1. The summed E-state index contributed by atoms with van der Waals surface area (Å²) >= 11 is 0. The first-order valence-electron chi connectivity index (χ1n) is 12.9. The fraction of sp³-hybridized carbons (Fsp3) is 0.387. The molecule has 0 unspecified atom stereocenters. The second-order valence-corrected chi connectivity index (χ2v) is 10.4. The molecule has 0 saturated carbocycles. The van der Waals surface area contributed by atoms with E-state index in [0.29, 0.717) is 23.6 Å². The average molecular weight is 501 g/mol. The Morgan fingerprint density at radius 2 is 1.54 bits per heavy atom. The van der Waals surface area contributed by atoms with Crippen LogP contribution in [-0.4, -0.2) is 51.8 Å². The average Bonchev–Trinajstić information content (AvgIpc) is 3.21. The molecular weight excluding hydrogens is 464 g/mol. The smallest absolute Gasteiger partial charge is 0.258 e. The van der Waals surface area contributed by atoms with E-state index in [1.54, 1.807) is 33.5 Å². The van der Waals surface area contributed by atoms with Gasteiger partial charge in [0.2, 0.25) is 0 Å². The zero-order valence-corrected chi connectivity index (χ0v) is 22.5. The molecule has 2 aliphatic heterocycles. The van der Waals surface area contributed by atoms with Crippen LogP contribution in [0.1, 0.15) is 45.5 Å². The summed E-state index contributed by atoms with van der Waals surface area (Å²) in [6.45, 7) is 7.92. The van der Waals surface area contributed by atoms with Gasteiger partial charge in [0.05, 0.1) is 21.3 Å². The highest BCUT2D eigenvalue weighted by molar-refractivity contribution is 6.08. The van der Waals surface area contributed by atoms with Gasteiger partial charge in [0.15, 0.2) is 11.5 Å². The molecule has 0 aliphatic carbocycles. The monoisotopic (exact) mass is 500 g/mol. The fourth-order valence-corrected chi connectivity index (χ4v) is 6.07. The standard InChI is InChI=1S/C31H36N2O4/c1-21-14-22(2)16-23(15-21)19-32-12-10-31(11-13-32)20-33(27-8-7-25(35-3)18-26(27)31)30(34)24-6-9-28(36-4)29(17-24)37-5/h6-9,14-18H,10-13,19-20H2,1-5H3. The summed E-state index contributed by atoms with van der Waals surface area (Å²) in [6, 6.07) is 18.3. The summed E-state index contributed by atoms with van der Waals surface area (Å²) in [6.07, 6.45) is 1.99. The van der Waals surface area contributed by atoms with Crippen LogP contribution in [0.4, 0.5) is 5.69 Å². The van der Waals surface area contributed by atoms with E-state index in [0.717, 1.165) is 43.9 Å². The lowest BCUT2D eigenvalue weighted by molar-refractivity contribution is 0.0975. The quantitative estimate of drug-likeness (QED) is 0.446. The Balaban J connectivity index is 1.41. The second-order valence-electron chi connectivity index (χ2n) is 10.4. The zero-order valence-electron chi connectivity index (χ0n) is 22.5.